The Bertz CT molecular complexity index is 399. The summed E-state index contributed by atoms with van der Waals surface area (Å²) in [6.45, 7) is 0. The second-order valence-corrected chi connectivity index (χ2v) is 4.28. The molecule has 1 unspecified atom stereocenters. The molecule has 0 aliphatic carbocycles. The monoisotopic (exact) mass is 218 g/mol. The summed E-state index contributed by atoms with van der Waals surface area (Å²) in [7, 11) is 0. The molecule has 0 spiro atoms. The van der Waals surface area contributed by atoms with Crippen molar-refractivity contribution in [2.75, 3.05) is 0 Å². The fourth-order valence-corrected chi connectivity index (χ4v) is 2.14. The Morgan fingerprint density at radius 2 is 1.33 bits per heavy atom. The van der Waals surface area contributed by atoms with Crippen LogP contribution in [-0.4, -0.2) is 0 Å². The first kappa shape index (κ1) is 10.2. The van der Waals surface area contributed by atoms with Gasteiger partial charge in [0.05, 0.1) is 0 Å². The highest BCUT2D eigenvalue weighted by molar-refractivity contribution is 7.99. The number of alkyl halides is 1. The zero-order valence-corrected chi connectivity index (χ0v) is 8.95. The van der Waals surface area contributed by atoms with Gasteiger partial charge in [0.1, 0.15) is 0 Å². The largest absolute Gasteiger partial charge is 0.230 e. The van der Waals surface area contributed by atoms with Gasteiger partial charge in [-0.1, -0.05) is 60.3 Å². The van der Waals surface area contributed by atoms with Crippen molar-refractivity contribution in [3.8, 4) is 0 Å². The van der Waals surface area contributed by atoms with E-state index >= 15 is 0 Å². The van der Waals surface area contributed by atoms with Crippen molar-refractivity contribution >= 4 is 11.8 Å². The maximum absolute atomic E-state index is 13.8. The predicted molar refractivity (Wildman–Crippen MR) is 62.6 cm³/mol. The van der Waals surface area contributed by atoms with Crippen molar-refractivity contribution < 1.29 is 4.39 Å². The highest BCUT2D eigenvalue weighted by Crippen LogP contribution is 2.35. The van der Waals surface area contributed by atoms with Crippen LogP contribution in [0.25, 0.3) is 0 Å². The van der Waals surface area contributed by atoms with Crippen LogP contribution in [0.15, 0.2) is 65.6 Å². The molecule has 0 fully saturated rings. The number of rotatable bonds is 3. The molecular formula is C13H11FS. The number of hydrogen-bond donors (Lipinski definition) is 0. The molecule has 1 atom stereocenters. The molecule has 76 valence electrons. The average Bonchev–Trinajstić information content (AvgIpc) is 2.31. The van der Waals surface area contributed by atoms with Crippen molar-refractivity contribution in [2.24, 2.45) is 0 Å². The first-order valence-electron chi connectivity index (χ1n) is 4.77. The molecule has 2 aromatic rings. The van der Waals surface area contributed by atoms with Gasteiger partial charge in [0.15, 0.2) is 5.50 Å². The fraction of sp³-hybridized carbons (Fsp3) is 0.0769. The molecule has 0 aliphatic rings. The molecule has 0 amide bonds. The summed E-state index contributed by atoms with van der Waals surface area (Å²) in [5, 5.41) is 0. The third-order valence-corrected chi connectivity index (χ3v) is 3.07. The van der Waals surface area contributed by atoms with E-state index < -0.39 is 5.50 Å². The summed E-state index contributed by atoms with van der Waals surface area (Å²) < 4.78 is 13.8. The number of benzene rings is 2. The van der Waals surface area contributed by atoms with Crippen LogP contribution in [-0.2, 0) is 0 Å². The van der Waals surface area contributed by atoms with Crippen LogP contribution in [0.2, 0.25) is 0 Å². The smallest absolute Gasteiger partial charge is 0.175 e. The van der Waals surface area contributed by atoms with Crippen LogP contribution in [0.4, 0.5) is 4.39 Å². The number of hydrogen-bond acceptors (Lipinski definition) is 1. The minimum Gasteiger partial charge on any atom is -0.230 e. The minimum atomic E-state index is -0.992. The third-order valence-electron chi connectivity index (χ3n) is 2.04. The molecule has 0 aromatic heterocycles. The van der Waals surface area contributed by atoms with E-state index in [1.807, 2.05) is 48.5 Å². The molecule has 2 aromatic carbocycles. The summed E-state index contributed by atoms with van der Waals surface area (Å²) in [6.07, 6.45) is 0. The predicted octanol–water partition coefficient (Wildman–Crippen LogP) is 4.45. The van der Waals surface area contributed by atoms with E-state index in [0.717, 1.165) is 4.90 Å². The molecule has 0 bridgehead atoms. The van der Waals surface area contributed by atoms with Gasteiger partial charge < -0.3 is 0 Å². The van der Waals surface area contributed by atoms with Crippen molar-refractivity contribution in [2.45, 2.75) is 10.4 Å². The van der Waals surface area contributed by atoms with Gasteiger partial charge in [-0.3, -0.25) is 0 Å². The van der Waals surface area contributed by atoms with Gasteiger partial charge in [0, 0.05) is 4.90 Å². The summed E-state index contributed by atoms with van der Waals surface area (Å²) in [5.74, 6) is 0. The lowest BCUT2D eigenvalue weighted by Crippen LogP contribution is -1.85. The van der Waals surface area contributed by atoms with Gasteiger partial charge in [-0.05, 0) is 17.7 Å². The Balaban J connectivity index is 2.08. The lowest BCUT2D eigenvalue weighted by molar-refractivity contribution is 0.469. The van der Waals surface area contributed by atoms with E-state index in [2.05, 4.69) is 0 Å². The quantitative estimate of drug-likeness (QED) is 0.686. The third kappa shape index (κ3) is 2.83. The Kier molecular flexibility index (Phi) is 3.41. The number of halogens is 1. The summed E-state index contributed by atoms with van der Waals surface area (Å²) >= 11 is 1.23. The van der Waals surface area contributed by atoms with Crippen molar-refractivity contribution in [3.05, 3.63) is 66.2 Å². The topological polar surface area (TPSA) is 0 Å². The second-order valence-electron chi connectivity index (χ2n) is 3.16. The van der Waals surface area contributed by atoms with Crippen molar-refractivity contribution in [1.82, 2.24) is 0 Å². The standard InChI is InChI=1S/C13H11FS/c14-13(11-7-3-1-4-8-11)15-12-9-5-2-6-10-12/h1-10,13H. The fourth-order valence-electron chi connectivity index (χ4n) is 1.29. The maximum Gasteiger partial charge on any atom is 0.175 e. The molecule has 0 heterocycles. The lowest BCUT2D eigenvalue weighted by atomic mass is 10.2. The highest BCUT2D eigenvalue weighted by Gasteiger charge is 2.09. The zero-order chi connectivity index (χ0) is 10.5. The first-order valence-corrected chi connectivity index (χ1v) is 5.65. The second kappa shape index (κ2) is 4.99. The van der Waals surface area contributed by atoms with Crippen molar-refractivity contribution in [3.63, 3.8) is 0 Å². The van der Waals surface area contributed by atoms with Crippen LogP contribution in [0, 0.1) is 0 Å². The van der Waals surface area contributed by atoms with E-state index in [0.29, 0.717) is 5.56 Å². The molecule has 15 heavy (non-hydrogen) atoms. The van der Waals surface area contributed by atoms with Gasteiger partial charge in [0.25, 0.3) is 0 Å². The van der Waals surface area contributed by atoms with Crippen LogP contribution in [0.1, 0.15) is 11.1 Å². The molecular weight excluding hydrogens is 207 g/mol. The van der Waals surface area contributed by atoms with Gasteiger partial charge in [-0.25, -0.2) is 4.39 Å². The SMILES string of the molecule is FC(Sc1ccccc1)c1ccccc1. The van der Waals surface area contributed by atoms with E-state index in [1.54, 1.807) is 12.1 Å². The Morgan fingerprint density at radius 3 is 1.93 bits per heavy atom. The maximum atomic E-state index is 13.8. The molecule has 0 saturated carbocycles. The van der Waals surface area contributed by atoms with Crippen LogP contribution in [0.5, 0.6) is 0 Å². The van der Waals surface area contributed by atoms with Gasteiger partial charge in [-0.2, -0.15) is 0 Å². The van der Waals surface area contributed by atoms with Crippen LogP contribution in [0.3, 0.4) is 0 Å². The molecule has 0 radical (unpaired) electrons. The van der Waals surface area contributed by atoms with Crippen LogP contribution < -0.4 is 0 Å². The normalized spacial score (nSPS) is 12.3. The van der Waals surface area contributed by atoms with E-state index in [4.69, 9.17) is 0 Å². The summed E-state index contributed by atoms with van der Waals surface area (Å²) in [6, 6.07) is 18.8. The average molecular weight is 218 g/mol. The number of thioether (sulfide) groups is 1. The van der Waals surface area contributed by atoms with Crippen molar-refractivity contribution in [1.29, 1.82) is 0 Å². The lowest BCUT2D eigenvalue weighted by Gasteiger charge is -2.07. The van der Waals surface area contributed by atoms with Gasteiger partial charge in [0.2, 0.25) is 0 Å². The van der Waals surface area contributed by atoms with E-state index in [-0.39, 0.29) is 0 Å². The molecule has 0 saturated heterocycles. The Hall–Kier alpha value is -1.28. The van der Waals surface area contributed by atoms with Gasteiger partial charge >= 0.3 is 0 Å². The molecule has 0 N–H and O–H groups in total. The summed E-state index contributed by atoms with van der Waals surface area (Å²) in [4.78, 5) is 0.953. The first-order chi connectivity index (χ1) is 7.36. The minimum absolute atomic E-state index is 0.714. The summed E-state index contributed by atoms with van der Waals surface area (Å²) in [5.41, 5.74) is -0.278. The molecule has 2 rings (SSSR count). The molecule has 0 aliphatic heterocycles. The Morgan fingerprint density at radius 1 is 0.800 bits per heavy atom. The van der Waals surface area contributed by atoms with Gasteiger partial charge in [-0.15, -0.1) is 0 Å². The van der Waals surface area contributed by atoms with Crippen LogP contribution >= 0.6 is 11.8 Å². The highest BCUT2D eigenvalue weighted by atomic mass is 32.2. The molecule has 2 heteroatoms. The Labute approximate surface area is 93.1 Å². The van der Waals surface area contributed by atoms with E-state index in [9.17, 15) is 4.39 Å². The zero-order valence-electron chi connectivity index (χ0n) is 8.14. The van der Waals surface area contributed by atoms with E-state index in [1.165, 1.54) is 11.8 Å². The molecule has 0 nitrogen and oxygen atoms in total.